The normalized spacial score (nSPS) is 13.7. The Labute approximate surface area is 357 Å². The van der Waals surface area contributed by atoms with Crippen molar-refractivity contribution in [3.63, 3.8) is 0 Å². The molecule has 2 unspecified atom stereocenters. The highest BCUT2D eigenvalue weighted by atomic mass is 31.2. The molecule has 58 heavy (non-hydrogen) atoms. The van der Waals surface area contributed by atoms with Crippen LogP contribution in [0.25, 0.3) is 0 Å². The molecule has 0 heterocycles. The molecule has 0 aliphatic carbocycles. The first-order valence-electron chi connectivity index (χ1n) is 23.8. The van der Waals surface area contributed by atoms with Gasteiger partial charge in [0.1, 0.15) is 6.61 Å². The minimum Gasteiger partial charge on any atom is -0.462 e. The largest absolute Gasteiger partial charge is 0.472 e. The first kappa shape index (κ1) is 56.0. The van der Waals surface area contributed by atoms with E-state index in [2.05, 4.69) is 67.0 Å². The Morgan fingerprint density at radius 1 is 0.500 bits per heavy atom. The molecule has 0 fully saturated rings. The van der Waals surface area contributed by atoms with Gasteiger partial charge in [-0.25, -0.2) is 4.57 Å². The fraction of sp³-hybridized carbons (Fsp3) is 0.796. The van der Waals surface area contributed by atoms with E-state index in [4.69, 9.17) is 14.0 Å². The number of hydrogen-bond donors (Lipinski definition) is 1. The van der Waals surface area contributed by atoms with E-state index in [1.807, 2.05) is 0 Å². The van der Waals surface area contributed by atoms with Crippen LogP contribution in [-0.4, -0.2) is 43.3 Å². The monoisotopic (exact) mass is 837 g/mol. The lowest BCUT2D eigenvalue weighted by atomic mass is 10.0. The van der Waals surface area contributed by atoms with Gasteiger partial charge in [0, 0.05) is 20.0 Å². The van der Waals surface area contributed by atoms with E-state index < -0.39 is 26.5 Å². The van der Waals surface area contributed by atoms with Crippen molar-refractivity contribution in [1.29, 1.82) is 0 Å². The second-order valence-corrected chi connectivity index (χ2v) is 17.4. The third kappa shape index (κ3) is 43.6. The van der Waals surface area contributed by atoms with Crippen LogP contribution in [0, 0.1) is 0 Å². The topological polar surface area (TPSA) is 108 Å². The molecule has 0 spiro atoms. The van der Waals surface area contributed by atoms with Crippen molar-refractivity contribution in [2.45, 2.75) is 232 Å². The molecule has 0 aromatic carbocycles. The fourth-order valence-corrected chi connectivity index (χ4v) is 7.17. The summed E-state index contributed by atoms with van der Waals surface area (Å²) in [5.41, 5.74) is 0. The lowest BCUT2D eigenvalue weighted by Crippen LogP contribution is -2.29. The summed E-state index contributed by atoms with van der Waals surface area (Å²) in [7, 11) is -3.20. The number of hydrogen-bond acceptors (Lipinski definition) is 7. The van der Waals surface area contributed by atoms with Gasteiger partial charge in [0.25, 0.3) is 0 Å². The molecule has 0 aromatic heterocycles. The minimum absolute atomic E-state index is 0.225. The highest BCUT2D eigenvalue weighted by Gasteiger charge is 2.24. The number of unbranched alkanes of at least 4 members (excludes halogenated alkanes) is 25. The summed E-state index contributed by atoms with van der Waals surface area (Å²) < 4.78 is 32.1. The van der Waals surface area contributed by atoms with Crippen molar-refractivity contribution < 1.29 is 37.6 Å². The molecular formula is C49H89O8P. The maximum Gasteiger partial charge on any atom is 0.472 e. The van der Waals surface area contributed by atoms with E-state index in [0.717, 1.165) is 77.7 Å². The van der Waals surface area contributed by atoms with Gasteiger partial charge in [-0.2, -0.15) is 0 Å². The van der Waals surface area contributed by atoms with Gasteiger partial charge in [-0.15, -0.1) is 0 Å². The summed E-state index contributed by atoms with van der Waals surface area (Å²) in [6, 6.07) is 0. The molecule has 2 atom stereocenters. The third-order valence-electron chi connectivity index (χ3n) is 10.3. The van der Waals surface area contributed by atoms with Crippen molar-refractivity contribution in [2.75, 3.05) is 20.3 Å². The smallest absolute Gasteiger partial charge is 0.462 e. The molecule has 338 valence electrons. The standard InChI is InChI=1S/C49H89O8P/c1-4-6-8-10-12-14-16-18-20-22-23-24-25-26-27-28-30-32-34-36-38-40-42-44-49(51)57-47(46-56-58(52,53)54-3)45-55-48(50)43-41-39-37-35-33-31-29-21-19-17-15-13-11-9-7-5-2/h6,8,12,14,18,20,23-24,47H,4-5,7,9-11,13,15-17,19,21-22,25-46H2,1-3H3,(H,52,53)/b8-6-,14-12-,20-18-,24-23-. The maximum atomic E-state index is 12.6. The third-order valence-corrected chi connectivity index (χ3v) is 11.3. The van der Waals surface area contributed by atoms with E-state index in [1.54, 1.807) is 0 Å². The van der Waals surface area contributed by atoms with Crippen LogP contribution in [0.4, 0.5) is 0 Å². The zero-order valence-electron chi connectivity index (χ0n) is 37.7. The van der Waals surface area contributed by atoms with Crippen LogP contribution in [-0.2, 0) is 32.7 Å². The Hall–Kier alpha value is -1.99. The number of esters is 2. The first-order valence-corrected chi connectivity index (χ1v) is 25.3. The van der Waals surface area contributed by atoms with Gasteiger partial charge in [-0.3, -0.25) is 18.6 Å². The Kier molecular flexibility index (Phi) is 43.0. The number of phosphoric ester groups is 1. The first-order chi connectivity index (χ1) is 28.3. The Bertz CT molecular complexity index is 1080. The summed E-state index contributed by atoms with van der Waals surface area (Å²) in [5, 5.41) is 0. The van der Waals surface area contributed by atoms with Gasteiger partial charge in [-0.05, 0) is 51.4 Å². The molecule has 0 amide bonds. The summed E-state index contributed by atoms with van der Waals surface area (Å²) in [4.78, 5) is 34.6. The van der Waals surface area contributed by atoms with E-state index in [-0.39, 0.29) is 19.0 Å². The molecule has 0 aliphatic heterocycles. The zero-order valence-corrected chi connectivity index (χ0v) is 38.6. The summed E-state index contributed by atoms with van der Waals surface area (Å²) >= 11 is 0. The average molecular weight is 837 g/mol. The number of rotatable bonds is 44. The van der Waals surface area contributed by atoms with Crippen LogP contribution in [0.2, 0.25) is 0 Å². The van der Waals surface area contributed by atoms with E-state index in [0.29, 0.717) is 12.8 Å². The van der Waals surface area contributed by atoms with Crippen molar-refractivity contribution in [3.05, 3.63) is 48.6 Å². The molecule has 0 aliphatic rings. The highest BCUT2D eigenvalue weighted by Crippen LogP contribution is 2.42. The SMILES string of the molecule is CC/C=C\C/C=C\C/C=C\C/C=C\CCCCCCCCCCCCC(=O)OC(COC(=O)CCCCCCCCCCCCCCCCCC)COP(=O)(O)OC. The molecule has 0 bridgehead atoms. The van der Waals surface area contributed by atoms with Crippen LogP contribution >= 0.6 is 7.82 Å². The van der Waals surface area contributed by atoms with Crippen molar-refractivity contribution in [1.82, 2.24) is 0 Å². The molecule has 0 radical (unpaired) electrons. The van der Waals surface area contributed by atoms with Crippen molar-refractivity contribution in [2.24, 2.45) is 0 Å². The van der Waals surface area contributed by atoms with Crippen LogP contribution < -0.4 is 0 Å². The number of ether oxygens (including phenoxy) is 2. The van der Waals surface area contributed by atoms with E-state index >= 15 is 0 Å². The van der Waals surface area contributed by atoms with Crippen LogP contribution in [0.15, 0.2) is 48.6 Å². The number of carbonyl (C=O) groups excluding carboxylic acids is 2. The van der Waals surface area contributed by atoms with Crippen LogP contribution in [0.3, 0.4) is 0 Å². The van der Waals surface area contributed by atoms with Crippen LogP contribution in [0.5, 0.6) is 0 Å². The molecule has 9 heteroatoms. The minimum atomic E-state index is -4.27. The molecular weight excluding hydrogens is 748 g/mol. The predicted octanol–water partition coefficient (Wildman–Crippen LogP) is 15.3. The molecule has 1 N–H and O–H groups in total. The van der Waals surface area contributed by atoms with Crippen LogP contribution in [0.1, 0.15) is 226 Å². The lowest BCUT2D eigenvalue weighted by Gasteiger charge is -2.19. The summed E-state index contributed by atoms with van der Waals surface area (Å²) in [5.74, 6) is -0.801. The lowest BCUT2D eigenvalue weighted by molar-refractivity contribution is -0.161. The zero-order chi connectivity index (χ0) is 42.5. The Balaban J connectivity index is 3.93. The maximum absolute atomic E-state index is 12.6. The van der Waals surface area contributed by atoms with Gasteiger partial charge in [0.05, 0.1) is 6.61 Å². The summed E-state index contributed by atoms with van der Waals surface area (Å²) in [6.45, 7) is 3.80. The number of allylic oxidation sites excluding steroid dienone is 8. The number of carbonyl (C=O) groups is 2. The average Bonchev–Trinajstić information content (AvgIpc) is 3.21. The Morgan fingerprint density at radius 3 is 1.31 bits per heavy atom. The molecule has 8 nitrogen and oxygen atoms in total. The molecule has 0 saturated heterocycles. The van der Waals surface area contributed by atoms with E-state index in [1.165, 1.54) is 122 Å². The Morgan fingerprint density at radius 2 is 0.879 bits per heavy atom. The van der Waals surface area contributed by atoms with Gasteiger partial charge >= 0.3 is 19.8 Å². The second-order valence-electron chi connectivity index (χ2n) is 15.9. The van der Waals surface area contributed by atoms with Gasteiger partial charge in [0.2, 0.25) is 0 Å². The molecule has 0 rings (SSSR count). The van der Waals surface area contributed by atoms with E-state index in [9.17, 15) is 19.0 Å². The van der Waals surface area contributed by atoms with Crippen molar-refractivity contribution >= 4 is 19.8 Å². The summed E-state index contributed by atoms with van der Waals surface area (Å²) in [6.07, 6.45) is 54.5. The molecule has 0 saturated carbocycles. The predicted molar refractivity (Wildman–Crippen MR) is 244 cm³/mol. The quantitative estimate of drug-likeness (QED) is 0.0280. The second kappa shape index (κ2) is 44.6. The van der Waals surface area contributed by atoms with Crippen molar-refractivity contribution in [3.8, 4) is 0 Å². The van der Waals surface area contributed by atoms with Gasteiger partial charge in [0.15, 0.2) is 6.10 Å². The fourth-order valence-electron chi connectivity index (χ4n) is 6.71. The highest BCUT2D eigenvalue weighted by molar-refractivity contribution is 7.47. The molecule has 0 aromatic rings. The van der Waals surface area contributed by atoms with Gasteiger partial charge < -0.3 is 14.4 Å². The number of phosphoric acid groups is 1. The van der Waals surface area contributed by atoms with Gasteiger partial charge in [-0.1, -0.05) is 210 Å².